The fourth-order valence-corrected chi connectivity index (χ4v) is 0.770. The van der Waals surface area contributed by atoms with Gasteiger partial charge in [-0.3, -0.25) is 10.00 Å². The van der Waals surface area contributed by atoms with Crippen molar-refractivity contribution in [2.75, 3.05) is 14.2 Å². The zero-order valence-corrected chi connectivity index (χ0v) is 7.03. The van der Waals surface area contributed by atoms with Gasteiger partial charge in [0, 0.05) is 0 Å². The Morgan fingerprint density at radius 2 is 2.45 bits per heavy atom. The van der Waals surface area contributed by atoms with Crippen LogP contribution in [0.4, 0.5) is 0 Å². The molecule has 4 heteroatoms. The number of nitrogens with one attached hydrogen (secondary N) is 1. The Balaban J connectivity index is 2.71. The van der Waals surface area contributed by atoms with E-state index < -0.39 is 0 Å². The smallest absolute Gasteiger partial charge is 0.156 e. The van der Waals surface area contributed by atoms with Crippen LogP contribution in [0.3, 0.4) is 0 Å². The van der Waals surface area contributed by atoms with Crippen LogP contribution in [0.15, 0.2) is 12.4 Å². The lowest BCUT2D eigenvalue weighted by Crippen LogP contribution is -2.19. The molecule has 4 nitrogen and oxygen atoms in total. The van der Waals surface area contributed by atoms with E-state index in [4.69, 9.17) is 4.74 Å². The second-order valence-corrected chi connectivity index (χ2v) is 2.32. The van der Waals surface area contributed by atoms with Crippen molar-refractivity contribution in [1.82, 2.24) is 15.1 Å². The fourth-order valence-electron chi connectivity index (χ4n) is 0.770. The van der Waals surface area contributed by atoms with Crippen molar-refractivity contribution in [3.8, 4) is 5.75 Å². The molecular formula is C7H13N3O. The van der Waals surface area contributed by atoms with E-state index in [1.807, 2.05) is 20.2 Å². The summed E-state index contributed by atoms with van der Waals surface area (Å²) in [5.74, 6) is 0.784. The number of ether oxygens (including phenoxy) is 1. The first-order chi connectivity index (χ1) is 5.27. The first kappa shape index (κ1) is 8.07. The highest BCUT2D eigenvalue weighted by Crippen LogP contribution is 2.09. The molecule has 1 heterocycles. The monoisotopic (exact) mass is 155 g/mol. The van der Waals surface area contributed by atoms with Gasteiger partial charge in [0.25, 0.3) is 0 Å². The molecule has 1 atom stereocenters. The molecule has 11 heavy (non-hydrogen) atoms. The summed E-state index contributed by atoms with van der Waals surface area (Å²) in [6.07, 6.45) is 3.74. The van der Waals surface area contributed by atoms with E-state index in [0.29, 0.717) is 0 Å². The molecule has 0 bridgehead atoms. The van der Waals surface area contributed by atoms with Crippen LogP contribution in [0, 0.1) is 0 Å². The maximum atomic E-state index is 4.98. The van der Waals surface area contributed by atoms with Crippen LogP contribution in [-0.2, 0) is 0 Å². The van der Waals surface area contributed by atoms with E-state index in [2.05, 4.69) is 10.4 Å². The van der Waals surface area contributed by atoms with Crippen molar-refractivity contribution in [3.05, 3.63) is 12.4 Å². The SMILES string of the molecule is CNC(C)n1cc(OC)cn1. The van der Waals surface area contributed by atoms with Gasteiger partial charge >= 0.3 is 0 Å². The van der Waals surface area contributed by atoms with Crippen LogP contribution in [0.1, 0.15) is 13.1 Å². The molecule has 0 saturated heterocycles. The Morgan fingerprint density at radius 3 is 2.91 bits per heavy atom. The maximum Gasteiger partial charge on any atom is 0.156 e. The van der Waals surface area contributed by atoms with Gasteiger partial charge in [-0.2, -0.15) is 5.10 Å². The summed E-state index contributed by atoms with van der Waals surface area (Å²) in [6, 6.07) is 0. The Kier molecular flexibility index (Phi) is 2.48. The van der Waals surface area contributed by atoms with Gasteiger partial charge in [0.2, 0.25) is 0 Å². The molecule has 0 aromatic carbocycles. The van der Waals surface area contributed by atoms with Crippen molar-refractivity contribution < 1.29 is 4.74 Å². The van der Waals surface area contributed by atoms with Crippen LogP contribution < -0.4 is 10.1 Å². The lowest BCUT2D eigenvalue weighted by molar-refractivity contribution is 0.405. The highest BCUT2D eigenvalue weighted by molar-refractivity contribution is 5.11. The molecule has 0 spiro atoms. The van der Waals surface area contributed by atoms with E-state index in [1.165, 1.54) is 0 Å². The van der Waals surface area contributed by atoms with E-state index in [0.717, 1.165) is 5.75 Å². The van der Waals surface area contributed by atoms with Gasteiger partial charge in [0.1, 0.15) is 0 Å². The minimum absolute atomic E-state index is 0.207. The van der Waals surface area contributed by atoms with E-state index in [1.54, 1.807) is 18.0 Å². The van der Waals surface area contributed by atoms with Crippen LogP contribution in [0.5, 0.6) is 5.75 Å². The van der Waals surface area contributed by atoms with Gasteiger partial charge in [-0.25, -0.2) is 0 Å². The van der Waals surface area contributed by atoms with Gasteiger partial charge < -0.3 is 4.74 Å². The quantitative estimate of drug-likeness (QED) is 0.695. The third kappa shape index (κ3) is 1.71. The topological polar surface area (TPSA) is 39.1 Å². The number of methoxy groups -OCH3 is 1. The van der Waals surface area contributed by atoms with Crippen molar-refractivity contribution in [2.24, 2.45) is 0 Å². The molecule has 0 aliphatic heterocycles. The molecule has 1 aromatic rings. The molecule has 1 aromatic heterocycles. The average Bonchev–Trinajstić information content (AvgIpc) is 2.50. The van der Waals surface area contributed by atoms with E-state index in [-0.39, 0.29) is 6.17 Å². The Hall–Kier alpha value is -1.03. The van der Waals surface area contributed by atoms with Gasteiger partial charge in [-0.1, -0.05) is 0 Å². The van der Waals surface area contributed by atoms with Gasteiger partial charge in [-0.15, -0.1) is 0 Å². The molecule has 0 aliphatic rings. The predicted octanol–water partition coefficient (Wildman–Crippen LogP) is 0.630. The summed E-state index contributed by atoms with van der Waals surface area (Å²) in [7, 11) is 3.52. The van der Waals surface area contributed by atoms with E-state index in [9.17, 15) is 0 Å². The lowest BCUT2D eigenvalue weighted by Gasteiger charge is -2.08. The third-order valence-corrected chi connectivity index (χ3v) is 1.63. The average molecular weight is 155 g/mol. The number of hydrogen-bond acceptors (Lipinski definition) is 3. The summed E-state index contributed by atoms with van der Waals surface area (Å²) in [4.78, 5) is 0. The zero-order valence-electron chi connectivity index (χ0n) is 7.03. The van der Waals surface area contributed by atoms with Crippen molar-refractivity contribution in [2.45, 2.75) is 13.1 Å². The molecule has 1 N–H and O–H groups in total. The number of aromatic nitrogens is 2. The van der Waals surface area contributed by atoms with Crippen LogP contribution >= 0.6 is 0 Å². The molecular weight excluding hydrogens is 142 g/mol. The molecule has 62 valence electrons. The van der Waals surface area contributed by atoms with Gasteiger partial charge in [-0.05, 0) is 14.0 Å². The number of rotatable bonds is 3. The minimum atomic E-state index is 0.207. The lowest BCUT2D eigenvalue weighted by atomic mass is 10.5. The molecule has 1 rings (SSSR count). The maximum absolute atomic E-state index is 4.98. The first-order valence-electron chi connectivity index (χ1n) is 3.53. The number of nitrogens with zero attached hydrogens (tertiary/aromatic N) is 2. The normalized spacial score (nSPS) is 13.0. The Labute approximate surface area is 66.2 Å². The number of hydrogen-bond donors (Lipinski definition) is 1. The van der Waals surface area contributed by atoms with Gasteiger partial charge in [0.05, 0.1) is 25.7 Å². The van der Waals surface area contributed by atoms with Crippen LogP contribution in [-0.4, -0.2) is 23.9 Å². The van der Waals surface area contributed by atoms with Crippen molar-refractivity contribution >= 4 is 0 Å². The van der Waals surface area contributed by atoms with Gasteiger partial charge in [0.15, 0.2) is 5.75 Å². The second kappa shape index (κ2) is 3.39. The molecule has 0 fully saturated rings. The summed E-state index contributed by atoms with van der Waals surface area (Å²) >= 11 is 0. The first-order valence-corrected chi connectivity index (χ1v) is 3.53. The zero-order chi connectivity index (χ0) is 8.27. The fraction of sp³-hybridized carbons (Fsp3) is 0.571. The predicted molar refractivity (Wildman–Crippen MR) is 42.5 cm³/mol. The Bertz CT molecular complexity index is 221. The summed E-state index contributed by atoms with van der Waals surface area (Å²) in [6.45, 7) is 2.02. The molecule has 1 unspecified atom stereocenters. The molecule has 0 aliphatic carbocycles. The second-order valence-electron chi connectivity index (χ2n) is 2.32. The third-order valence-electron chi connectivity index (χ3n) is 1.63. The highest BCUT2D eigenvalue weighted by atomic mass is 16.5. The standard InChI is InChI=1S/C7H13N3O/c1-6(8-2)10-5-7(11-3)4-9-10/h4-6,8H,1-3H3. The summed E-state index contributed by atoms with van der Waals surface area (Å²) in [5.41, 5.74) is 0. The highest BCUT2D eigenvalue weighted by Gasteiger charge is 2.02. The summed E-state index contributed by atoms with van der Waals surface area (Å²) < 4.78 is 6.78. The Morgan fingerprint density at radius 1 is 1.73 bits per heavy atom. The van der Waals surface area contributed by atoms with Crippen LogP contribution in [0.2, 0.25) is 0 Å². The molecule has 0 radical (unpaired) electrons. The minimum Gasteiger partial charge on any atom is -0.493 e. The summed E-state index contributed by atoms with van der Waals surface area (Å²) in [5, 5.41) is 7.15. The largest absolute Gasteiger partial charge is 0.493 e. The van der Waals surface area contributed by atoms with Crippen LogP contribution in [0.25, 0.3) is 0 Å². The van der Waals surface area contributed by atoms with E-state index >= 15 is 0 Å². The van der Waals surface area contributed by atoms with Crippen molar-refractivity contribution in [3.63, 3.8) is 0 Å². The molecule has 0 amide bonds. The molecule has 0 saturated carbocycles. The van der Waals surface area contributed by atoms with Crippen molar-refractivity contribution in [1.29, 1.82) is 0 Å².